The quantitative estimate of drug-likeness (QED) is 0.551. The van der Waals surface area contributed by atoms with Crippen LogP contribution in [-0.2, 0) is 6.67 Å². The summed E-state index contributed by atoms with van der Waals surface area (Å²) in [5.41, 5.74) is 2.22. The summed E-state index contributed by atoms with van der Waals surface area (Å²) in [7, 11) is 0. The van der Waals surface area contributed by atoms with Crippen LogP contribution < -0.4 is 0 Å². The molecule has 1 saturated heterocycles. The maximum absolute atomic E-state index is 12.4. The van der Waals surface area contributed by atoms with Gasteiger partial charge in [0.25, 0.3) is 5.91 Å². The highest BCUT2D eigenvalue weighted by Crippen LogP contribution is 2.53. The summed E-state index contributed by atoms with van der Waals surface area (Å²) >= 11 is 0. The number of pyridine rings is 1. The first-order chi connectivity index (χ1) is 15.2. The van der Waals surface area contributed by atoms with E-state index in [0.717, 1.165) is 23.9 Å². The molecular formula is C25H29N5O2. The molecule has 166 valence electrons. The molecule has 32 heavy (non-hydrogen) atoms. The van der Waals surface area contributed by atoms with Gasteiger partial charge in [-0.3, -0.25) is 19.2 Å². The molecule has 2 bridgehead atoms. The van der Waals surface area contributed by atoms with Gasteiger partial charge < -0.3 is 5.11 Å². The number of carbonyl (C=O) groups is 1. The summed E-state index contributed by atoms with van der Waals surface area (Å²) in [5.74, 6) is -0.447. The third-order valence-corrected chi connectivity index (χ3v) is 6.91. The number of azo groups is 1. The van der Waals surface area contributed by atoms with Crippen molar-refractivity contribution in [3.05, 3.63) is 54.4 Å². The third-order valence-electron chi connectivity index (χ3n) is 6.91. The zero-order valence-corrected chi connectivity index (χ0v) is 18.8. The van der Waals surface area contributed by atoms with Crippen molar-refractivity contribution in [2.75, 3.05) is 6.54 Å². The van der Waals surface area contributed by atoms with E-state index < -0.39 is 5.91 Å². The van der Waals surface area contributed by atoms with Crippen molar-refractivity contribution in [2.24, 2.45) is 21.1 Å². The van der Waals surface area contributed by atoms with E-state index in [1.165, 1.54) is 19.0 Å². The smallest absolute Gasteiger partial charge is 0.296 e. The normalized spacial score (nSPS) is 25.0. The molecule has 2 fully saturated rings. The van der Waals surface area contributed by atoms with Crippen molar-refractivity contribution in [3.63, 3.8) is 0 Å². The van der Waals surface area contributed by atoms with E-state index in [9.17, 15) is 9.90 Å². The average Bonchev–Trinajstić information content (AvgIpc) is 3.15. The van der Waals surface area contributed by atoms with Crippen LogP contribution in [0.25, 0.3) is 10.9 Å². The SMILES string of the molecule is CC1(C)C[C@H]2C[C@@](C)(CN2Cn2c(O)c(N=NC(=O)c3cccnc3)c3ccccc32)C1. The number of hydrogen-bond donors (Lipinski definition) is 1. The van der Waals surface area contributed by atoms with Gasteiger partial charge in [0.1, 0.15) is 0 Å². The first kappa shape index (κ1) is 20.8. The Kier molecular flexibility index (Phi) is 4.89. The van der Waals surface area contributed by atoms with Crippen LogP contribution in [0.1, 0.15) is 50.4 Å². The number of aromatic hydroxyl groups is 1. The van der Waals surface area contributed by atoms with Crippen molar-refractivity contribution in [2.45, 2.75) is 52.7 Å². The maximum Gasteiger partial charge on any atom is 0.296 e. The van der Waals surface area contributed by atoms with Crippen molar-refractivity contribution in [1.82, 2.24) is 14.5 Å². The lowest BCUT2D eigenvalue weighted by Gasteiger charge is -2.40. The summed E-state index contributed by atoms with van der Waals surface area (Å²) in [5, 5.41) is 19.9. The Labute approximate surface area is 187 Å². The molecule has 3 aromatic rings. The lowest BCUT2D eigenvalue weighted by atomic mass is 9.65. The van der Waals surface area contributed by atoms with Crippen LogP contribution in [0.5, 0.6) is 5.88 Å². The van der Waals surface area contributed by atoms with E-state index in [1.54, 1.807) is 18.3 Å². The third kappa shape index (κ3) is 3.71. The molecule has 2 atom stereocenters. The largest absolute Gasteiger partial charge is 0.493 e. The number of fused-ring (bicyclic) bond motifs is 3. The molecule has 1 aromatic carbocycles. The predicted molar refractivity (Wildman–Crippen MR) is 123 cm³/mol. The number of nitrogens with zero attached hydrogens (tertiary/aromatic N) is 5. The number of carbonyl (C=O) groups excluding carboxylic acids is 1. The molecule has 0 radical (unpaired) electrons. The molecule has 1 N–H and O–H groups in total. The highest BCUT2D eigenvalue weighted by Gasteiger charge is 2.49. The second-order valence-electron chi connectivity index (χ2n) is 10.5. The van der Waals surface area contributed by atoms with Gasteiger partial charge in [0.2, 0.25) is 5.88 Å². The molecule has 7 nitrogen and oxygen atoms in total. The number of para-hydroxylation sites is 1. The molecule has 1 aliphatic heterocycles. The second kappa shape index (κ2) is 7.52. The molecule has 3 heterocycles. The molecule has 5 rings (SSSR count). The van der Waals surface area contributed by atoms with E-state index >= 15 is 0 Å². The first-order valence-electron chi connectivity index (χ1n) is 11.2. The van der Waals surface area contributed by atoms with E-state index in [0.29, 0.717) is 34.8 Å². The predicted octanol–water partition coefficient (Wildman–Crippen LogP) is 5.52. The van der Waals surface area contributed by atoms with Crippen molar-refractivity contribution in [3.8, 4) is 5.88 Å². The van der Waals surface area contributed by atoms with Crippen LogP contribution in [0.4, 0.5) is 5.69 Å². The number of aromatic nitrogens is 2. The van der Waals surface area contributed by atoms with E-state index in [-0.39, 0.29) is 5.88 Å². The van der Waals surface area contributed by atoms with Gasteiger partial charge in [-0.1, -0.05) is 39.0 Å². The Balaban J connectivity index is 1.47. The summed E-state index contributed by atoms with van der Waals surface area (Å²) in [6, 6.07) is 11.6. The summed E-state index contributed by atoms with van der Waals surface area (Å²) < 4.78 is 1.90. The minimum atomic E-state index is -0.488. The Hall–Kier alpha value is -3.06. The van der Waals surface area contributed by atoms with Gasteiger partial charge in [-0.25, -0.2) is 0 Å². The Morgan fingerprint density at radius 1 is 1.19 bits per heavy atom. The van der Waals surface area contributed by atoms with E-state index in [2.05, 4.69) is 40.9 Å². The molecule has 7 heteroatoms. The molecule has 2 aromatic heterocycles. The van der Waals surface area contributed by atoms with Crippen molar-refractivity contribution < 1.29 is 9.90 Å². The monoisotopic (exact) mass is 431 g/mol. The zero-order chi connectivity index (χ0) is 22.5. The number of likely N-dealkylation sites (tertiary alicyclic amines) is 1. The van der Waals surface area contributed by atoms with Crippen molar-refractivity contribution in [1.29, 1.82) is 0 Å². The Bertz CT molecular complexity index is 1200. The summed E-state index contributed by atoms with van der Waals surface area (Å²) in [6.07, 6.45) is 6.64. The molecule has 0 spiro atoms. The minimum absolute atomic E-state index is 0.0415. The van der Waals surface area contributed by atoms with Gasteiger partial charge in [0.05, 0.1) is 17.7 Å². The Morgan fingerprint density at radius 2 is 2.00 bits per heavy atom. The number of benzene rings is 1. The number of hydrogen-bond acceptors (Lipinski definition) is 5. The van der Waals surface area contributed by atoms with Gasteiger partial charge in [-0.05, 0) is 48.3 Å². The van der Waals surface area contributed by atoms with E-state index in [1.807, 2.05) is 28.8 Å². The van der Waals surface area contributed by atoms with Gasteiger partial charge in [0, 0.05) is 30.4 Å². The topological polar surface area (TPSA) is 83.1 Å². The van der Waals surface area contributed by atoms with Gasteiger partial charge in [-0.2, -0.15) is 0 Å². The zero-order valence-electron chi connectivity index (χ0n) is 18.8. The van der Waals surface area contributed by atoms with Gasteiger partial charge in [0.15, 0.2) is 5.69 Å². The molecule has 0 unspecified atom stereocenters. The van der Waals surface area contributed by atoms with Gasteiger partial charge >= 0.3 is 0 Å². The maximum atomic E-state index is 12.4. The van der Waals surface area contributed by atoms with Crippen LogP contribution in [0, 0.1) is 10.8 Å². The highest BCUT2D eigenvalue weighted by molar-refractivity contribution is 5.97. The van der Waals surface area contributed by atoms with Crippen molar-refractivity contribution >= 4 is 22.5 Å². The summed E-state index contributed by atoms with van der Waals surface area (Å²) in [4.78, 5) is 18.8. The van der Waals surface area contributed by atoms with Crippen LogP contribution in [0.15, 0.2) is 59.0 Å². The average molecular weight is 432 g/mol. The molecule has 1 amide bonds. The minimum Gasteiger partial charge on any atom is -0.493 e. The molecule has 1 saturated carbocycles. The summed E-state index contributed by atoms with van der Waals surface area (Å²) in [6.45, 7) is 8.72. The fraction of sp³-hybridized carbons (Fsp3) is 0.440. The first-order valence-corrected chi connectivity index (χ1v) is 11.2. The molecular weight excluding hydrogens is 402 g/mol. The number of rotatable bonds is 4. The highest BCUT2D eigenvalue weighted by atomic mass is 16.3. The lowest BCUT2D eigenvalue weighted by Crippen LogP contribution is -2.35. The fourth-order valence-electron chi connectivity index (χ4n) is 6.08. The number of amides is 1. The van der Waals surface area contributed by atoms with Crippen LogP contribution in [0.2, 0.25) is 0 Å². The van der Waals surface area contributed by atoms with E-state index in [4.69, 9.17) is 0 Å². The molecule has 1 aliphatic carbocycles. The van der Waals surface area contributed by atoms with Crippen LogP contribution in [-0.4, -0.2) is 38.1 Å². The standard InChI is InChI=1S/C25H29N5O2/c1-24(2)11-18-12-25(3,14-24)15-29(18)16-30-20-9-5-4-8-19(20)21(23(30)32)27-28-22(31)17-7-6-10-26-13-17/h4-10,13,18,32H,11-12,14-16H2,1-3H3/t18-,25+/m0/s1. The molecule has 2 aliphatic rings. The van der Waals surface area contributed by atoms with Crippen LogP contribution >= 0.6 is 0 Å². The fourth-order valence-corrected chi connectivity index (χ4v) is 6.08. The van der Waals surface area contributed by atoms with Gasteiger partial charge in [-0.15, -0.1) is 10.2 Å². The lowest BCUT2D eigenvalue weighted by molar-refractivity contribution is 0.0994. The Morgan fingerprint density at radius 3 is 2.78 bits per heavy atom. The second-order valence-corrected chi connectivity index (χ2v) is 10.5. The van der Waals surface area contributed by atoms with Crippen LogP contribution in [0.3, 0.4) is 0 Å².